The molecule has 2 nitrogen and oxygen atoms in total. The van der Waals surface area contributed by atoms with Crippen molar-refractivity contribution in [2.75, 3.05) is 6.67 Å². The topological polar surface area (TPSA) is 6.48 Å². The molecule has 8 rings (SSSR count). The van der Waals surface area contributed by atoms with E-state index in [2.05, 4.69) is 200 Å². The molecule has 2 bridgehead atoms. The lowest BCUT2D eigenvalue weighted by molar-refractivity contribution is -0.110. The second kappa shape index (κ2) is 14.6. The molecule has 1 saturated carbocycles. The van der Waals surface area contributed by atoms with Crippen LogP contribution in [-0.2, 0) is 13.1 Å². The molecule has 1 aliphatic heterocycles. The van der Waals surface area contributed by atoms with Gasteiger partial charge in [0.1, 0.15) is 0 Å². The summed E-state index contributed by atoms with van der Waals surface area (Å²) in [5.41, 5.74) is 3.17. The van der Waals surface area contributed by atoms with Crippen molar-refractivity contribution in [3.63, 3.8) is 0 Å². The maximum absolute atomic E-state index is 2.85. The van der Waals surface area contributed by atoms with E-state index in [1.807, 2.05) is 0 Å². The van der Waals surface area contributed by atoms with Gasteiger partial charge in [0.25, 0.3) is 0 Å². The minimum atomic E-state index is -0.687. The van der Waals surface area contributed by atoms with Crippen molar-refractivity contribution in [1.29, 1.82) is 0 Å². The van der Waals surface area contributed by atoms with Gasteiger partial charge in [-0.3, -0.25) is 9.80 Å². The first-order valence-corrected chi connectivity index (χ1v) is 21.1. The zero-order valence-electron chi connectivity index (χ0n) is 30.1. The Hall–Kier alpha value is -3.90. The molecule has 6 aromatic rings. The normalized spacial score (nSPS) is 20.2. The van der Waals surface area contributed by atoms with Gasteiger partial charge < -0.3 is 0 Å². The molecule has 2 fully saturated rings. The molecule has 1 aliphatic carbocycles. The van der Waals surface area contributed by atoms with Gasteiger partial charge in [-0.05, 0) is 84.0 Å². The third-order valence-corrected chi connectivity index (χ3v) is 17.0. The van der Waals surface area contributed by atoms with Gasteiger partial charge in [0.05, 0.1) is 6.67 Å². The fraction of sp³-hybridized carbons (Fsp3) is 0.234. The summed E-state index contributed by atoms with van der Waals surface area (Å²) in [5.74, 6) is 0. The number of benzene rings is 6. The van der Waals surface area contributed by atoms with Gasteiger partial charge in [-0.25, -0.2) is 0 Å². The Kier molecular flexibility index (Phi) is 9.80. The minimum Gasteiger partial charge on any atom is -0.283 e. The summed E-state index contributed by atoms with van der Waals surface area (Å²) in [6.45, 7) is 10.5. The highest BCUT2D eigenvalue weighted by molar-refractivity contribution is 7.80. The van der Waals surface area contributed by atoms with Crippen molar-refractivity contribution in [1.82, 2.24) is 9.80 Å². The maximum Gasteiger partial charge on any atom is 0.0521 e. The first-order valence-electron chi connectivity index (χ1n) is 18.4. The standard InChI is InChI=1S/C47H48N2P2/c1-46(2)45-32-33-47(46,3)49(35-38-21-17-19-31-44(38)51(41-26-12-6-13-27-41)42-28-14-7-15-29-42)36-48(45)34-37-20-16-18-30-43(37)50(39-22-8-4-9-23-39)40-24-10-5-11-25-40/h4-31,45H,32-36H2,1-3H3. The van der Waals surface area contributed by atoms with Gasteiger partial charge in [0.15, 0.2) is 0 Å². The van der Waals surface area contributed by atoms with Crippen LogP contribution in [-0.4, -0.2) is 28.0 Å². The predicted octanol–water partition coefficient (Wildman–Crippen LogP) is 8.43. The molecule has 1 heterocycles. The average molecular weight is 703 g/mol. The van der Waals surface area contributed by atoms with Crippen LogP contribution in [0.15, 0.2) is 170 Å². The largest absolute Gasteiger partial charge is 0.283 e. The van der Waals surface area contributed by atoms with E-state index < -0.39 is 15.8 Å². The Morgan fingerprint density at radius 3 is 1.29 bits per heavy atom. The van der Waals surface area contributed by atoms with E-state index >= 15 is 0 Å². The van der Waals surface area contributed by atoms with E-state index in [0.29, 0.717) is 6.04 Å². The molecule has 0 aromatic heterocycles. The van der Waals surface area contributed by atoms with E-state index in [1.165, 1.54) is 55.8 Å². The summed E-state index contributed by atoms with van der Waals surface area (Å²) in [7, 11) is -1.37. The first kappa shape index (κ1) is 34.2. The van der Waals surface area contributed by atoms with Crippen LogP contribution in [0, 0.1) is 5.41 Å². The van der Waals surface area contributed by atoms with Gasteiger partial charge >= 0.3 is 0 Å². The van der Waals surface area contributed by atoms with Crippen molar-refractivity contribution < 1.29 is 0 Å². The quantitative estimate of drug-likeness (QED) is 0.132. The average Bonchev–Trinajstić information content (AvgIpc) is 3.32. The first-order chi connectivity index (χ1) is 24.9. The molecular weight excluding hydrogens is 654 g/mol. The molecule has 51 heavy (non-hydrogen) atoms. The van der Waals surface area contributed by atoms with Crippen molar-refractivity contribution >= 4 is 47.7 Å². The van der Waals surface area contributed by atoms with Crippen LogP contribution in [0.4, 0.5) is 0 Å². The summed E-state index contributed by atoms with van der Waals surface area (Å²) in [5, 5.41) is 8.57. The summed E-state index contributed by atoms with van der Waals surface area (Å²) >= 11 is 0. The van der Waals surface area contributed by atoms with E-state index in [-0.39, 0.29) is 11.0 Å². The molecule has 2 unspecified atom stereocenters. The van der Waals surface area contributed by atoms with Crippen LogP contribution in [0.3, 0.4) is 0 Å². The predicted molar refractivity (Wildman–Crippen MR) is 221 cm³/mol. The van der Waals surface area contributed by atoms with Crippen molar-refractivity contribution in [3.8, 4) is 0 Å². The lowest BCUT2D eigenvalue weighted by atomic mass is 9.71. The highest BCUT2D eigenvalue weighted by atomic mass is 31.1. The van der Waals surface area contributed by atoms with Crippen LogP contribution in [0.1, 0.15) is 44.7 Å². The summed E-state index contributed by atoms with van der Waals surface area (Å²) in [6, 6.07) is 63.8. The van der Waals surface area contributed by atoms with E-state index in [0.717, 1.165) is 19.8 Å². The second-order valence-electron chi connectivity index (χ2n) is 14.9. The Balaban J connectivity index is 1.16. The number of rotatable bonds is 10. The zero-order valence-corrected chi connectivity index (χ0v) is 31.9. The van der Waals surface area contributed by atoms with Crippen molar-refractivity contribution in [2.24, 2.45) is 5.41 Å². The molecule has 2 atom stereocenters. The third kappa shape index (κ3) is 6.54. The highest BCUT2D eigenvalue weighted by Crippen LogP contribution is 2.55. The zero-order chi connectivity index (χ0) is 34.8. The van der Waals surface area contributed by atoms with Crippen LogP contribution in [0.5, 0.6) is 0 Å². The summed E-state index contributed by atoms with van der Waals surface area (Å²) in [6.07, 6.45) is 2.45. The minimum absolute atomic E-state index is 0.115. The maximum atomic E-state index is 2.85. The van der Waals surface area contributed by atoms with Gasteiger partial charge in [-0.2, -0.15) is 0 Å². The SMILES string of the molecule is CC1(C)C2CCC1(C)N(Cc1ccccc1P(c1ccccc1)c1ccccc1)CN2Cc1ccccc1P(c1ccccc1)c1ccccc1. The van der Waals surface area contributed by atoms with E-state index in [1.54, 1.807) is 0 Å². The number of fused-ring (bicyclic) bond motifs is 2. The van der Waals surface area contributed by atoms with Crippen LogP contribution in [0.2, 0.25) is 0 Å². The summed E-state index contributed by atoms with van der Waals surface area (Å²) < 4.78 is 0. The fourth-order valence-electron chi connectivity index (χ4n) is 8.84. The number of hydrogen-bond acceptors (Lipinski definition) is 2. The van der Waals surface area contributed by atoms with Gasteiger partial charge in [-0.1, -0.05) is 184 Å². The molecule has 256 valence electrons. The number of hydrogen-bond donors (Lipinski definition) is 0. The van der Waals surface area contributed by atoms with Crippen LogP contribution in [0.25, 0.3) is 0 Å². The third-order valence-electron chi connectivity index (χ3n) is 11.9. The van der Waals surface area contributed by atoms with Gasteiger partial charge in [-0.15, -0.1) is 0 Å². The Morgan fingerprint density at radius 2 is 0.863 bits per heavy atom. The number of nitrogens with zero attached hydrogens (tertiary/aromatic N) is 2. The smallest absolute Gasteiger partial charge is 0.0521 e. The van der Waals surface area contributed by atoms with Crippen molar-refractivity contribution in [3.05, 3.63) is 181 Å². The van der Waals surface area contributed by atoms with Crippen LogP contribution >= 0.6 is 15.8 Å². The van der Waals surface area contributed by atoms with Crippen LogP contribution < -0.4 is 31.8 Å². The molecule has 2 aliphatic rings. The molecule has 1 saturated heterocycles. The Labute approximate surface area is 307 Å². The lowest BCUT2D eigenvalue weighted by Gasteiger charge is -2.57. The molecule has 6 aromatic carbocycles. The second-order valence-corrected chi connectivity index (χ2v) is 19.3. The molecular formula is C47H48N2P2. The molecule has 0 amide bonds. The summed E-state index contributed by atoms with van der Waals surface area (Å²) in [4.78, 5) is 5.68. The monoisotopic (exact) mass is 702 g/mol. The fourth-order valence-corrected chi connectivity index (χ4v) is 13.8. The Morgan fingerprint density at radius 1 is 0.490 bits per heavy atom. The van der Waals surface area contributed by atoms with E-state index in [4.69, 9.17) is 0 Å². The molecule has 4 heteroatoms. The van der Waals surface area contributed by atoms with Crippen molar-refractivity contribution in [2.45, 2.75) is 58.3 Å². The molecule has 0 radical (unpaired) electrons. The molecule has 0 spiro atoms. The Bertz CT molecular complexity index is 1970. The van der Waals surface area contributed by atoms with Gasteiger partial charge in [0.2, 0.25) is 0 Å². The lowest BCUT2D eigenvalue weighted by Crippen LogP contribution is -2.65. The molecule has 0 N–H and O–H groups in total. The van der Waals surface area contributed by atoms with Gasteiger partial charge in [0, 0.05) is 24.7 Å². The van der Waals surface area contributed by atoms with E-state index in [9.17, 15) is 0 Å². The highest BCUT2D eigenvalue weighted by Gasteiger charge is 2.59.